The summed E-state index contributed by atoms with van der Waals surface area (Å²) in [5.74, 6) is -1.12. The van der Waals surface area contributed by atoms with Gasteiger partial charge >= 0.3 is 5.97 Å². The summed E-state index contributed by atoms with van der Waals surface area (Å²) in [4.78, 5) is 10.2. The first-order valence-electron chi connectivity index (χ1n) is 3.73. The molecule has 0 N–H and O–H groups in total. The molecular weight excluding hydrogens is 274 g/mol. The predicted octanol–water partition coefficient (Wildman–Crippen LogP) is 3.09. The molecule has 0 aliphatic rings. The van der Waals surface area contributed by atoms with Crippen LogP contribution in [-0.4, -0.2) is 13.1 Å². The third-order valence-electron chi connectivity index (χ3n) is 1.66. The van der Waals surface area contributed by atoms with Gasteiger partial charge in [0.15, 0.2) is 0 Å². The molecule has 0 amide bonds. The van der Waals surface area contributed by atoms with Crippen LogP contribution in [0.5, 0.6) is 0 Å². The van der Waals surface area contributed by atoms with Crippen LogP contribution >= 0.6 is 27.5 Å². The molecule has 0 aliphatic heterocycles. The van der Waals surface area contributed by atoms with Crippen LogP contribution in [0.3, 0.4) is 0 Å². The lowest BCUT2D eigenvalue weighted by molar-refractivity contribution is -0.139. The van der Waals surface area contributed by atoms with Crippen LogP contribution in [0.25, 0.3) is 0 Å². The normalized spacial score (nSPS) is 12.3. The van der Waals surface area contributed by atoms with E-state index in [2.05, 4.69) is 20.7 Å². The van der Waals surface area contributed by atoms with Gasteiger partial charge in [-0.2, -0.15) is 0 Å². The zero-order chi connectivity index (χ0) is 10.7. The fourth-order valence-corrected chi connectivity index (χ4v) is 2.03. The molecule has 2 nitrogen and oxygen atoms in total. The van der Waals surface area contributed by atoms with E-state index in [0.29, 0.717) is 0 Å². The molecule has 1 unspecified atom stereocenters. The Morgan fingerprint density at radius 2 is 2.29 bits per heavy atom. The van der Waals surface area contributed by atoms with E-state index >= 15 is 0 Å². The fourth-order valence-electron chi connectivity index (χ4n) is 0.974. The lowest BCUT2D eigenvalue weighted by Gasteiger charge is -2.10. The van der Waals surface area contributed by atoms with E-state index in [9.17, 15) is 9.18 Å². The Balaban J connectivity index is 3.11. The minimum atomic E-state index is -0.874. The molecule has 0 heterocycles. The molecular formula is C9H7BrClFO2. The van der Waals surface area contributed by atoms with Crippen molar-refractivity contribution >= 4 is 33.5 Å². The molecule has 76 valence electrons. The first-order chi connectivity index (χ1) is 6.57. The molecule has 1 aromatic carbocycles. The molecule has 14 heavy (non-hydrogen) atoms. The maximum Gasteiger partial charge on any atom is 0.324 e. The Labute approximate surface area is 94.1 Å². The van der Waals surface area contributed by atoms with Gasteiger partial charge in [-0.15, -0.1) is 0 Å². The number of benzene rings is 1. The smallest absolute Gasteiger partial charge is 0.324 e. The Bertz CT molecular complexity index is 336. The van der Waals surface area contributed by atoms with E-state index in [1.807, 2.05) is 0 Å². The second-order valence-corrected chi connectivity index (χ2v) is 3.84. The average molecular weight is 282 g/mol. The van der Waals surface area contributed by atoms with E-state index in [4.69, 9.17) is 11.6 Å². The van der Waals surface area contributed by atoms with E-state index in [1.165, 1.54) is 25.3 Å². The first-order valence-corrected chi connectivity index (χ1v) is 5.03. The molecule has 0 saturated carbocycles. The Hall–Kier alpha value is -0.610. The standard InChI is InChI=1S/C9H7BrClFO2/c1-14-9(13)8(10)7-5(11)3-2-4-6(7)12/h2-4,8H,1H3. The van der Waals surface area contributed by atoms with E-state index in [-0.39, 0.29) is 10.6 Å². The molecule has 0 aliphatic carbocycles. The molecule has 0 fully saturated rings. The van der Waals surface area contributed by atoms with E-state index < -0.39 is 16.6 Å². The number of alkyl halides is 1. The van der Waals surface area contributed by atoms with Crippen LogP contribution in [0.1, 0.15) is 10.4 Å². The topological polar surface area (TPSA) is 26.3 Å². The lowest BCUT2D eigenvalue weighted by atomic mass is 10.1. The van der Waals surface area contributed by atoms with Gasteiger partial charge in [0.2, 0.25) is 0 Å². The largest absolute Gasteiger partial charge is 0.468 e. The highest BCUT2D eigenvalue weighted by molar-refractivity contribution is 9.09. The molecule has 0 aromatic heterocycles. The van der Waals surface area contributed by atoms with Crippen molar-refractivity contribution in [2.45, 2.75) is 4.83 Å². The van der Waals surface area contributed by atoms with Gasteiger partial charge in [0.25, 0.3) is 0 Å². The summed E-state index contributed by atoms with van der Waals surface area (Å²) in [5, 5.41) is 0.192. The third kappa shape index (κ3) is 2.25. The average Bonchev–Trinajstić information content (AvgIpc) is 2.16. The van der Waals surface area contributed by atoms with Gasteiger partial charge in [-0.3, -0.25) is 4.79 Å². The molecule has 0 radical (unpaired) electrons. The highest BCUT2D eigenvalue weighted by atomic mass is 79.9. The maximum absolute atomic E-state index is 13.3. The van der Waals surface area contributed by atoms with Crippen molar-refractivity contribution < 1.29 is 13.9 Å². The van der Waals surface area contributed by atoms with Crippen molar-refractivity contribution in [1.29, 1.82) is 0 Å². The van der Waals surface area contributed by atoms with Gasteiger partial charge in [0.05, 0.1) is 7.11 Å². The number of hydrogen-bond donors (Lipinski definition) is 0. The second-order valence-electron chi connectivity index (χ2n) is 2.52. The van der Waals surface area contributed by atoms with Gasteiger partial charge in [-0.05, 0) is 12.1 Å². The van der Waals surface area contributed by atoms with Gasteiger partial charge in [-0.25, -0.2) is 4.39 Å². The summed E-state index contributed by atoms with van der Waals surface area (Å²) >= 11 is 8.76. The van der Waals surface area contributed by atoms with Gasteiger partial charge < -0.3 is 4.74 Å². The van der Waals surface area contributed by atoms with Crippen LogP contribution < -0.4 is 0 Å². The molecule has 0 saturated heterocycles. The summed E-state index contributed by atoms with van der Waals surface area (Å²) in [7, 11) is 1.23. The Morgan fingerprint density at radius 3 is 2.79 bits per heavy atom. The summed E-state index contributed by atoms with van der Waals surface area (Å²) in [6.07, 6.45) is 0. The number of methoxy groups -OCH3 is 1. The Kier molecular flexibility index (Phi) is 3.89. The number of hydrogen-bond acceptors (Lipinski definition) is 2. The van der Waals surface area contributed by atoms with Crippen LogP contribution in [-0.2, 0) is 9.53 Å². The lowest BCUT2D eigenvalue weighted by Crippen LogP contribution is -2.10. The summed E-state index contributed by atoms with van der Waals surface area (Å²) in [5.41, 5.74) is 0.0982. The fraction of sp³-hybridized carbons (Fsp3) is 0.222. The summed E-state index contributed by atoms with van der Waals surface area (Å²) in [6.45, 7) is 0. The number of ether oxygens (including phenoxy) is 1. The molecule has 0 bridgehead atoms. The predicted molar refractivity (Wildman–Crippen MR) is 55.1 cm³/mol. The summed E-state index contributed by atoms with van der Waals surface area (Å²) < 4.78 is 17.7. The van der Waals surface area contributed by atoms with E-state index in [1.54, 1.807) is 0 Å². The number of carbonyl (C=O) groups excluding carboxylic acids is 1. The quantitative estimate of drug-likeness (QED) is 0.615. The van der Waals surface area contributed by atoms with Gasteiger partial charge in [0.1, 0.15) is 10.6 Å². The van der Waals surface area contributed by atoms with Crippen molar-refractivity contribution in [3.05, 3.63) is 34.6 Å². The SMILES string of the molecule is COC(=O)C(Br)c1c(F)cccc1Cl. The molecule has 1 rings (SSSR count). The van der Waals surface area contributed by atoms with Gasteiger partial charge in [0, 0.05) is 10.6 Å². The van der Waals surface area contributed by atoms with Crippen LogP contribution in [0.15, 0.2) is 18.2 Å². The highest BCUT2D eigenvalue weighted by Gasteiger charge is 2.23. The third-order valence-corrected chi connectivity index (χ3v) is 2.82. The summed E-state index contributed by atoms with van der Waals surface area (Å²) in [6, 6.07) is 4.22. The molecule has 1 atom stereocenters. The van der Waals surface area contributed by atoms with Crippen LogP contribution in [0.2, 0.25) is 5.02 Å². The highest BCUT2D eigenvalue weighted by Crippen LogP contribution is 2.32. The van der Waals surface area contributed by atoms with Crippen molar-refractivity contribution in [3.8, 4) is 0 Å². The maximum atomic E-state index is 13.3. The first kappa shape index (κ1) is 11.5. The van der Waals surface area contributed by atoms with Crippen molar-refractivity contribution in [2.75, 3.05) is 7.11 Å². The monoisotopic (exact) mass is 280 g/mol. The van der Waals surface area contributed by atoms with Crippen molar-refractivity contribution in [2.24, 2.45) is 0 Å². The molecule has 5 heteroatoms. The van der Waals surface area contributed by atoms with Crippen molar-refractivity contribution in [3.63, 3.8) is 0 Å². The zero-order valence-corrected chi connectivity index (χ0v) is 9.60. The second kappa shape index (κ2) is 4.75. The van der Waals surface area contributed by atoms with Gasteiger partial charge in [-0.1, -0.05) is 33.6 Å². The van der Waals surface area contributed by atoms with Crippen molar-refractivity contribution in [1.82, 2.24) is 0 Å². The number of esters is 1. The number of carbonyl (C=O) groups is 1. The molecule has 1 aromatic rings. The number of rotatable bonds is 2. The minimum absolute atomic E-state index is 0.0982. The molecule has 0 spiro atoms. The van der Waals surface area contributed by atoms with E-state index in [0.717, 1.165) is 0 Å². The van der Waals surface area contributed by atoms with Crippen LogP contribution in [0, 0.1) is 5.82 Å². The number of halogens is 3. The minimum Gasteiger partial charge on any atom is -0.468 e. The Morgan fingerprint density at radius 1 is 1.64 bits per heavy atom. The van der Waals surface area contributed by atoms with Crippen LogP contribution in [0.4, 0.5) is 4.39 Å². The zero-order valence-electron chi connectivity index (χ0n) is 7.26.